The second-order valence-corrected chi connectivity index (χ2v) is 9.13. The van der Waals surface area contributed by atoms with E-state index in [1.807, 2.05) is 4.72 Å². The number of esters is 2. The van der Waals surface area contributed by atoms with Crippen molar-refractivity contribution in [2.24, 2.45) is 0 Å². The Bertz CT molecular complexity index is 1060. The number of benzene rings is 1. The molecule has 0 saturated carbocycles. The van der Waals surface area contributed by atoms with Crippen LogP contribution in [0.3, 0.4) is 0 Å². The fourth-order valence-corrected chi connectivity index (χ4v) is 5.49. The molecule has 156 valence electrons. The van der Waals surface area contributed by atoms with Crippen molar-refractivity contribution in [2.45, 2.75) is 24.0 Å². The lowest BCUT2D eigenvalue weighted by Gasteiger charge is -2.08. The van der Waals surface area contributed by atoms with Gasteiger partial charge in [-0.2, -0.15) is 0 Å². The highest BCUT2D eigenvalue weighted by atomic mass is 35.5. The van der Waals surface area contributed by atoms with Gasteiger partial charge < -0.3 is 9.47 Å². The van der Waals surface area contributed by atoms with E-state index >= 15 is 0 Å². The molecule has 1 aromatic heterocycles. The van der Waals surface area contributed by atoms with Crippen molar-refractivity contribution >= 4 is 50.8 Å². The van der Waals surface area contributed by atoms with Gasteiger partial charge in [0.2, 0.25) is 5.91 Å². The third-order valence-electron chi connectivity index (χ3n) is 3.95. The van der Waals surface area contributed by atoms with Crippen molar-refractivity contribution in [2.75, 3.05) is 14.2 Å². The molecule has 0 saturated heterocycles. The monoisotopic (exact) mass is 459 g/mol. The van der Waals surface area contributed by atoms with Crippen LogP contribution in [0.2, 0.25) is 5.02 Å². The zero-order chi connectivity index (χ0) is 21.8. The highest BCUT2D eigenvalue weighted by Gasteiger charge is 2.33. The molecule has 0 atom stereocenters. The molecule has 0 aliphatic carbocycles. The number of nitrogens with one attached hydrogen (secondary N) is 1. The number of thiophene rings is 1. The molecule has 2 aromatic rings. The van der Waals surface area contributed by atoms with Gasteiger partial charge in [0.05, 0.1) is 19.8 Å². The summed E-state index contributed by atoms with van der Waals surface area (Å²) in [5.41, 5.74) is 0.471. The largest absolute Gasteiger partial charge is 0.465 e. The Morgan fingerprint density at radius 2 is 1.72 bits per heavy atom. The third kappa shape index (κ3) is 5.14. The molecular weight excluding hydrogens is 442 g/mol. The van der Waals surface area contributed by atoms with Crippen molar-refractivity contribution in [1.29, 1.82) is 0 Å². The van der Waals surface area contributed by atoms with E-state index in [4.69, 9.17) is 11.6 Å². The van der Waals surface area contributed by atoms with Crippen LogP contribution in [0.5, 0.6) is 0 Å². The van der Waals surface area contributed by atoms with E-state index in [9.17, 15) is 22.8 Å². The summed E-state index contributed by atoms with van der Waals surface area (Å²) in [6, 6.07) is 6.88. The van der Waals surface area contributed by atoms with Gasteiger partial charge in [0.15, 0.2) is 4.21 Å². The molecule has 2 rings (SSSR count). The number of ether oxygens (including phenoxy) is 2. The smallest absolute Gasteiger partial charge is 0.348 e. The van der Waals surface area contributed by atoms with Gasteiger partial charge >= 0.3 is 11.9 Å². The number of hydrogen-bond donors (Lipinski definition) is 1. The van der Waals surface area contributed by atoms with E-state index in [0.717, 1.165) is 14.2 Å². The van der Waals surface area contributed by atoms with E-state index in [-0.39, 0.29) is 28.8 Å². The van der Waals surface area contributed by atoms with Gasteiger partial charge in [0.25, 0.3) is 10.0 Å². The van der Waals surface area contributed by atoms with Gasteiger partial charge in [0, 0.05) is 11.4 Å². The Kier molecular flexibility index (Phi) is 7.39. The Morgan fingerprint density at radius 1 is 1.10 bits per heavy atom. The highest BCUT2D eigenvalue weighted by molar-refractivity contribution is 7.92. The minimum absolute atomic E-state index is 0.0724. The number of sulfonamides is 1. The summed E-state index contributed by atoms with van der Waals surface area (Å²) in [4.78, 5) is 36.1. The number of amides is 1. The average Bonchev–Trinajstić information content (AvgIpc) is 3.04. The fourth-order valence-electron chi connectivity index (χ4n) is 2.50. The standard InChI is InChI=1S/C18H18ClNO7S2/c1-10-14(16(22)26-2)18(28-15(10)17(23)27-3)29(24,25)20-13(21)9-8-11-6-4-5-7-12(11)19/h4-7H,8-9H2,1-3H3,(H,20,21). The molecule has 11 heteroatoms. The van der Waals surface area contributed by atoms with E-state index < -0.39 is 32.1 Å². The number of halogens is 1. The molecule has 0 aliphatic heterocycles. The molecule has 0 aliphatic rings. The van der Waals surface area contributed by atoms with Gasteiger partial charge in [-0.25, -0.2) is 22.7 Å². The van der Waals surface area contributed by atoms with Crippen LogP contribution in [0.1, 0.15) is 37.6 Å². The quantitative estimate of drug-likeness (QED) is 0.632. The Balaban J connectivity index is 2.30. The summed E-state index contributed by atoms with van der Waals surface area (Å²) in [6.07, 6.45) is 0.0759. The van der Waals surface area contributed by atoms with Crippen LogP contribution in [-0.4, -0.2) is 40.5 Å². The first-order valence-electron chi connectivity index (χ1n) is 8.21. The molecule has 1 N–H and O–H groups in total. The minimum atomic E-state index is -4.43. The Morgan fingerprint density at radius 3 is 2.31 bits per heavy atom. The molecular formula is C18H18ClNO7S2. The average molecular weight is 460 g/mol. The summed E-state index contributed by atoms with van der Waals surface area (Å²) in [6.45, 7) is 1.40. The van der Waals surface area contributed by atoms with Crippen molar-refractivity contribution in [3.05, 3.63) is 50.9 Å². The molecule has 8 nitrogen and oxygen atoms in total. The third-order valence-corrected chi connectivity index (χ3v) is 7.48. The summed E-state index contributed by atoms with van der Waals surface area (Å²) in [5.74, 6) is -2.53. The summed E-state index contributed by atoms with van der Waals surface area (Å²) in [7, 11) is -2.22. The van der Waals surface area contributed by atoms with Crippen LogP contribution in [-0.2, 0) is 30.7 Å². The number of aryl methyl sites for hydroxylation is 1. The predicted molar refractivity (Wildman–Crippen MR) is 107 cm³/mol. The maximum Gasteiger partial charge on any atom is 0.348 e. The summed E-state index contributed by atoms with van der Waals surface area (Å²) in [5, 5.41) is 0.465. The molecule has 0 unspecified atom stereocenters. The van der Waals surface area contributed by atoms with E-state index in [1.165, 1.54) is 6.92 Å². The number of methoxy groups -OCH3 is 2. The maximum absolute atomic E-state index is 12.7. The van der Waals surface area contributed by atoms with E-state index in [2.05, 4.69) is 9.47 Å². The Labute approximate surface area is 176 Å². The summed E-state index contributed by atoms with van der Waals surface area (Å²) < 4.78 is 36.1. The molecule has 1 heterocycles. The van der Waals surface area contributed by atoms with E-state index in [0.29, 0.717) is 21.9 Å². The maximum atomic E-state index is 12.7. The molecule has 0 radical (unpaired) electrons. The van der Waals surface area contributed by atoms with E-state index in [1.54, 1.807) is 24.3 Å². The second-order valence-electron chi connectivity index (χ2n) is 5.82. The molecule has 0 fully saturated rings. The fraction of sp³-hybridized carbons (Fsp3) is 0.278. The van der Waals surface area contributed by atoms with Crippen LogP contribution in [0.4, 0.5) is 0 Å². The number of rotatable bonds is 7. The van der Waals surface area contributed by atoms with Gasteiger partial charge in [-0.05, 0) is 30.5 Å². The Hall–Kier alpha value is -2.43. The van der Waals surface area contributed by atoms with Crippen LogP contribution < -0.4 is 4.72 Å². The number of carbonyl (C=O) groups excluding carboxylic acids is 3. The van der Waals surface area contributed by atoms with Crippen LogP contribution in [0.25, 0.3) is 0 Å². The van der Waals surface area contributed by atoms with Gasteiger partial charge in [-0.3, -0.25) is 4.79 Å². The van der Waals surface area contributed by atoms with Gasteiger partial charge in [-0.15, -0.1) is 11.3 Å². The normalized spacial score (nSPS) is 11.0. The highest BCUT2D eigenvalue weighted by Crippen LogP contribution is 2.33. The molecule has 0 bridgehead atoms. The van der Waals surface area contributed by atoms with Gasteiger partial charge in [0.1, 0.15) is 4.88 Å². The first kappa shape index (κ1) is 22.9. The predicted octanol–water partition coefficient (Wildman–Crippen LogP) is 2.72. The lowest BCUT2D eigenvalue weighted by Crippen LogP contribution is -2.31. The second kappa shape index (κ2) is 9.38. The lowest BCUT2D eigenvalue weighted by atomic mass is 10.1. The van der Waals surface area contributed by atoms with Gasteiger partial charge in [-0.1, -0.05) is 29.8 Å². The lowest BCUT2D eigenvalue weighted by molar-refractivity contribution is -0.119. The molecule has 1 amide bonds. The van der Waals surface area contributed by atoms with Crippen LogP contribution in [0.15, 0.2) is 28.5 Å². The summed E-state index contributed by atoms with van der Waals surface area (Å²) >= 11 is 6.56. The number of hydrogen-bond acceptors (Lipinski definition) is 8. The van der Waals surface area contributed by atoms with Crippen LogP contribution in [0, 0.1) is 6.92 Å². The minimum Gasteiger partial charge on any atom is -0.465 e. The van der Waals surface area contributed by atoms with Crippen LogP contribution >= 0.6 is 22.9 Å². The topological polar surface area (TPSA) is 116 Å². The SMILES string of the molecule is COC(=O)c1sc(S(=O)(=O)NC(=O)CCc2ccccc2Cl)c(C(=O)OC)c1C. The first-order chi connectivity index (χ1) is 13.6. The first-order valence-corrected chi connectivity index (χ1v) is 10.9. The zero-order valence-electron chi connectivity index (χ0n) is 15.8. The molecule has 0 spiro atoms. The van der Waals surface area contributed by atoms with Crippen molar-refractivity contribution in [1.82, 2.24) is 4.72 Å². The zero-order valence-corrected chi connectivity index (χ0v) is 18.2. The van der Waals surface area contributed by atoms with Crippen molar-refractivity contribution < 1.29 is 32.3 Å². The van der Waals surface area contributed by atoms with Crippen molar-refractivity contribution in [3.63, 3.8) is 0 Å². The number of carbonyl (C=O) groups is 3. The van der Waals surface area contributed by atoms with Crippen molar-refractivity contribution in [3.8, 4) is 0 Å². The molecule has 29 heavy (non-hydrogen) atoms. The molecule has 1 aromatic carbocycles.